The molecule has 1 aromatic heterocycles. The zero-order valence-electron chi connectivity index (χ0n) is 8.79. The van der Waals surface area contributed by atoms with Gasteiger partial charge in [-0.1, -0.05) is 0 Å². The molecule has 0 bridgehead atoms. The predicted octanol–water partition coefficient (Wildman–Crippen LogP) is -0.412. The molecule has 0 saturated carbocycles. The van der Waals surface area contributed by atoms with Gasteiger partial charge in [-0.2, -0.15) is 0 Å². The van der Waals surface area contributed by atoms with Crippen molar-refractivity contribution in [2.45, 2.75) is 19.4 Å². The minimum absolute atomic E-state index is 0.157. The van der Waals surface area contributed by atoms with E-state index in [1.165, 1.54) is 4.57 Å². The first kappa shape index (κ1) is 11.3. The van der Waals surface area contributed by atoms with E-state index in [0.29, 0.717) is 12.2 Å². The minimum Gasteiger partial charge on any atom is -0.481 e. The smallest absolute Gasteiger partial charge is 0.342 e. The monoisotopic (exact) mass is 238 g/mol. The first-order chi connectivity index (χ1) is 8.00. The third-order valence-corrected chi connectivity index (χ3v) is 2.84. The van der Waals surface area contributed by atoms with E-state index in [2.05, 4.69) is 4.98 Å². The second-order valence-electron chi connectivity index (χ2n) is 3.88. The van der Waals surface area contributed by atoms with Crippen LogP contribution in [-0.2, 0) is 17.8 Å². The van der Waals surface area contributed by atoms with Crippen LogP contribution in [0.4, 0.5) is 0 Å². The van der Waals surface area contributed by atoms with Gasteiger partial charge in [0.2, 0.25) is 0 Å². The SMILES string of the molecule is O=C(O)c1cnc2n(c1=O)CCC(C(=O)O)C2. The molecule has 0 aromatic carbocycles. The van der Waals surface area contributed by atoms with E-state index >= 15 is 0 Å². The molecule has 1 aliphatic rings. The highest BCUT2D eigenvalue weighted by atomic mass is 16.4. The Morgan fingerprint density at radius 3 is 2.71 bits per heavy atom. The maximum atomic E-state index is 11.7. The van der Waals surface area contributed by atoms with Crippen LogP contribution in [0.5, 0.6) is 0 Å². The van der Waals surface area contributed by atoms with Crippen LogP contribution in [0.2, 0.25) is 0 Å². The van der Waals surface area contributed by atoms with Gasteiger partial charge in [-0.05, 0) is 6.42 Å². The maximum absolute atomic E-state index is 11.7. The Kier molecular flexibility index (Phi) is 2.66. The maximum Gasteiger partial charge on any atom is 0.342 e. The first-order valence-corrected chi connectivity index (χ1v) is 5.05. The van der Waals surface area contributed by atoms with Gasteiger partial charge < -0.3 is 10.2 Å². The summed E-state index contributed by atoms with van der Waals surface area (Å²) in [6, 6.07) is 0. The van der Waals surface area contributed by atoms with Crippen LogP contribution in [0, 0.1) is 5.92 Å². The van der Waals surface area contributed by atoms with Crippen molar-refractivity contribution in [3.63, 3.8) is 0 Å². The summed E-state index contributed by atoms with van der Waals surface area (Å²) in [5.41, 5.74) is -1.01. The van der Waals surface area contributed by atoms with Gasteiger partial charge in [0.15, 0.2) is 0 Å². The fourth-order valence-corrected chi connectivity index (χ4v) is 1.88. The summed E-state index contributed by atoms with van der Waals surface area (Å²) in [5, 5.41) is 17.6. The average Bonchev–Trinajstić information content (AvgIpc) is 2.28. The number of fused-ring (bicyclic) bond motifs is 1. The quantitative estimate of drug-likeness (QED) is 0.724. The van der Waals surface area contributed by atoms with E-state index in [4.69, 9.17) is 10.2 Å². The molecule has 0 spiro atoms. The lowest BCUT2D eigenvalue weighted by atomic mass is 9.97. The molecule has 90 valence electrons. The van der Waals surface area contributed by atoms with Crippen LogP contribution in [0.1, 0.15) is 22.6 Å². The lowest BCUT2D eigenvalue weighted by Gasteiger charge is -2.22. The van der Waals surface area contributed by atoms with Crippen LogP contribution in [0.25, 0.3) is 0 Å². The number of aromatic nitrogens is 2. The van der Waals surface area contributed by atoms with Crippen molar-refractivity contribution >= 4 is 11.9 Å². The van der Waals surface area contributed by atoms with E-state index in [1.54, 1.807) is 0 Å². The largest absolute Gasteiger partial charge is 0.481 e. The highest BCUT2D eigenvalue weighted by molar-refractivity contribution is 5.86. The standard InChI is InChI=1S/C10H10N2O5/c13-8-6(10(16)17)4-11-7-3-5(9(14)15)1-2-12(7)8/h4-5H,1-3H2,(H,14,15)(H,16,17). The van der Waals surface area contributed by atoms with Gasteiger partial charge in [0.05, 0.1) is 5.92 Å². The number of carbonyl (C=O) groups is 2. The Balaban J connectivity index is 2.44. The fraction of sp³-hybridized carbons (Fsp3) is 0.400. The number of aromatic carboxylic acids is 1. The van der Waals surface area contributed by atoms with E-state index in [9.17, 15) is 14.4 Å². The zero-order chi connectivity index (χ0) is 12.6. The number of nitrogens with zero attached hydrogens (tertiary/aromatic N) is 2. The number of hydrogen-bond donors (Lipinski definition) is 2. The Morgan fingerprint density at radius 2 is 2.12 bits per heavy atom. The molecule has 0 aliphatic carbocycles. The highest BCUT2D eigenvalue weighted by Crippen LogP contribution is 2.17. The Labute approximate surface area is 95.3 Å². The van der Waals surface area contributed by atoms with Crippen LogP contribution < -0.4 is 5.56 Å². The molecule has 2 rings (SSSR count). The summed E-state index contributed by atoms with van der Waals surface area (Å²) in [6.45, 7) is 0.194. The van der Waals surface area contributed by atoms with Crippen molar-refractivity contribution in [3.8, 4) is 0 Å². The number of carboxylic acids is 2. The summed E-state index contributed by atoms with van der Waals surface area (Å²) in [6.07, 6.45) is 1.46. The molecule has 0 radical (unpaired) electrons. The Bertz CT molecular complexity index is 548. The van der Waals surface area contributed by atoms with Gasteiger partial charge in [-0.25, -0.2) is 9.78 Å². The van der Waals surface area contributed by atoms with Crippen LogP contribution in [-0.4, -0.2) is 31.7 Å². The van der Waals surface area contributed by atoms with Gasteiger partial charge in [0.1, 0.15) is 11.4 Å². The molecule has 7 heteroatoms. The topological polar surface area (TPSA) is 109 Å². The molecule has 0 amide bonds. The molecule has 1 atom stereocenters. The number of rotatable bonds is 2. The lowest BCUT2D eigenvalue weighted by molar-refractivity contribution is -0.142. The van der Waals surface area contributed by atoms with Crippen molar-refractivity contribution in [2.75, 3.05) is 0 Å². The van der Waals surface area contributed by atoms with Crippen molar-refractivity contribution in [1.29, 1.82) is 0 Å². The molecule has 17 heavy (non-hydrogen) atoms. The van der Waals surface area contributed by atoms with Crippen LogP contribution in [0.15, 0.2) is 11.0 Å². The van der Waals surface area contributed by atoms with E-state index < -0.39 is 23.4 Å². The Morgan fingerprint density at radius 1 is 1.41 bits per heavy atom. The Hall–Kier alpha value is -2.18. The molecular weight excluding hydrogens is 228 g/mol. The molecule has 2 N–H and O–H groups in total. The van der Waals surface area contributed by atoms with E-state index in [0.717, 1.165) is 6.20 Å². The zero-order valence-corrected chi connectivity index (χ0v) is 8.79. The van der Waals surface area contributed by atoms with Gasteiger partial charge in [0, 0.05) is 19.2 Å². The predicted molar refractivity (Wildman–Crippen MR) is 54.9 cm³/mol. The molecular formula is C10H10N2O5. The second kappa shape index (κ2) is 4.00. The third-order valence-electron chi connectivity index (χ3n) is 2.84. The normalized spacial score (nSPS) is 18.5. The van der Waals surface area contributed by atoms with Crippen molar-refractivity contribution in [2.24, 2.45) is 5.92 Å². The third kappa shape index (κ3) is 1.91. The van der Waals surface area contributed by atoms with Gasteiger partial charge in [-0.3, -0.25) is 14.2 Å². The minimum atomic E-state index is -1.32. The summed E-state index contributed by atoms with van der Waals surface area (Å²) in [5.74, 6) is -2.47. The molecule has 7 nitrogen and oxygen atoms in total. The summed E-state index contributed by atoms with van der Waals surface area (Å²) < 4.78 is 1.24. The van der Waals surface area contributed by atoms with Crippen molar-refractivity contribution in [3.05, 3.63) is 27.9 Å². The van der Waals surface area contributed by atoms with Crippen molar-refractivity contribution < 1.29 is 19.8 Å². The number of hydrogen-bond acceptors (Lipinski definition) is 4. The van der Waals surface area contributed by atoms with Gasteiger partial charge in [0.25, 0.3) is 5.56 Å². The number of aliphatic carboxylic acids is 1. The van der Waals surface area contributed by atoms with Crippen LogP contribution >= 0.6 is 0 Å². The summed E-state index contributed by atoms with van der Waals surface area (Å²) in [7, 11) is 0. The lowest BCUT2D eigenvalue weighted by Crippen LogP contribution is -2.36. The van der Waals surface area contributed by atoms with E-state index in [1.807, 2.05) is 0 Å². The van der Waals surface area contributed by atoms with E-state index in [-0.39, 0.29) is 18.5 Å². The second-order valence-corrected chi connectivity index (χ2v) is 3.88. The van der Waals surface area contributed by atoms with Gasteiger partial charge in [-0.15, -0.1) is 0 Å². The molecule has 0 fully saturated rings. The molecule has 1 aliphatic heterocycles. The average molecular weight is 238 g/mol. The van der Waals surface area contributed by atoms with Gasteiger partial charge >= 0.3 is 11.9 Å². The highest BCUT2D eigenvalue weighted by Gasteiger charge is 2.27. The molecule has 2 heterocycles. The number of carboxylic acid groups (broad SMARTS) is 2. The summed E-state index contributed by atoms with van der Waals surface area (Å²) >= 11 is 0. The molecule has 0 saturated heterocycles. The summed E-state index contributed by atoms with van der Waals surface area (Å²) in [4.78, 5) is 37.1. The van der Waals surface area contributed by atoms with Crippen LogP contribution in [0.3, 0.4) is 0 Å². The first-order valence-electron chi connectivity index (χ1n) is 5.05. The molecule has 1 aromatic rings. The van der Waals surface area contributed by atoms with Crippen molar-refractivity contribution in [1.82, 2.24) is 9.55 Å². The molecule has 1 unspecified atom stereocenters. The fourth-order valence-electron chi connectivity index (χ4n) is 1.88.